The molecule has 1 aliphatic heterocycles. The Labute approximate surface area is 185 Å². The Morgan fingerprint density at radius 2 is 1.47 bits per heavy atom. The van der Waals surface area contributed by atoms with E-state index in [1.165, 1.54) is 20.8 Å². The largest absolute Gasteiger partial charge is 0.426 e. The van der Waals surface area contributed by atoms with Gasteiger partial charge in [0.2, 0.25) is 0 Å². The number of carbonyl (C=O) groups is 3. The van der Waals surface area contributed by atoms with Crippen LogP contribution in [-0.4, -0.2) is 36.4 Å². The number of hydrogen-bond donors (Lipinski definition) is 0. The third-order valence-electron chi connectivity index (χ3n) is 4.65. The maximum atomic E-state index is 11.6. The molecule has 30 heavy (non-hydrogen) atoms. The molecule has 1 unspecified atom stereocenters. The number of likely N-dealkylation sites (N-methyl/N-ethyl adjacent to an activating group) is 1. The minimum atomic E-state index is -0.520. The summed E-state index contributed by atoms with van der Waals surface area (Å²) in [4.78, 5) is 36.7. The van der Waals surface area contributed by atoms with Gasteiger partial charge in [-0.1, -0.05) is 18.2 Å². The normalized spacial score (nSPS) is 15.4. The van der Waals surface area contributed by atoms with E-state index < -0.39 is 17.9 Å². The topological polar surface area (TPSA) is 82.1 Å². The first-order valence-electron chi connectivity index (χ1n) is 9.27. The molecule has 0 radical (unpaired) electrons. The highest BCUT2D eigenvalue weighted by Crippen LogP contribution is 2.42. The van der Waals surface area contributed by atoms with Gasteiger partial charge in [-0.15, -0.1) is 17.0 Å². The molecular formula is C22H24BrNO6. The molecule has 1 heterocycles. The molecule has 3 rings (SSSR count). The molecule has 0 aromatic heterocycles. The van der Waals surface area contributed by atoms with Crippen molar-refractivity contribution in [1.29, 1.82) is 0 Å². The average Bonchev–Trinajstić information content (AvgIpc) is 2.62. The molecule has 160 valence electrons. The van der Waals surface area contributed by atoms with E-state index >= 15 is 0 Å². The summed E-state index contributed by atoms with van der Waals surface area (Å²) in [6.45, 7) is 4.73. The fraction of sp³-hybridized carbons (Fsp3) is 0.318. The van der Waals surface area contributed by atoms with E-state index in [2.05, 4.69) is 4.90 Å². The molecule has 1 atom stereocenters. The van der Waals surface area contributed by atoms with Crippen LogP contribution in [0.15, 0.2) is 36.4 Å². The van der Waals surface area contributed by atoms with E-state index in [-0.39, 0.29) is 34.5 Å². The van der Waals surface area contributed by atoms with Gasteiger partial charge < -0.3 is 14.2 Å². The van der Waals surface area contributed by atoms with Gasteiger partial charge >= 0.3 is 17.9 Å². The SMILES string of the molecule is Br.CC(=O)Oc1ccc(C2c3c(cccc3OC(C)=O)CCN2C)cc1OC(C)=O. The van der Waals surface area contributed by atoms with Crippen LogP contribution in [0, 0.1) is 0 Å². The summed E-state index contributed by atoms with van der Waals surface area (Å²) in [5.41, 5.74) is 2.80. The number of hydrogen-bond acceptors (Lipinski definition) is 7. The van der Waals surface area contributed by atoms with Gasteiger partial charge in [-0.3, -0.25) is 19.3 Å². The van der Waals surface area contributed by atoms with Gasteiger partial charge in [0.05, 0.1) is 6.04 Å². The summed E-state index contributed by atoms with van der Waals surface area (Å²) in [5, 5.41) is 0. The van der Waals surface area contributed by atoms with Crippen molar-refractivity contribution < 1.29 is 28.6 Å². The lowest BCUT2D eigenvalue weighted by Gasteiger charge is -2.36. The van der Waals surface area contributed by atoms with E-state index in [0.29, 0.717) is 5.75 Å². The van der Waals surface area contributed by atoms with Crippen molar-refractivity contribution in [3.8, 4) is 17.2 Å². The van der Waals surface area contributed by atoms with Crippen molar-refractivity contribution in [3.63, 3.8) is 0 Å². The zero-order chi connectivity index (χ0) is 21.1. The fourth-order valence-corrected chi connectivity index (χ4v) is 3.60. The monoisotopic (exact) mass is 477 g/mol. The van der Waals surface area contributed by atoms with Gasteiger partial charge in [-0.2, -0.15) is 0 Å². The lowest BCUT2D eigenvalue weighted by Crippen LogP contribution is -2.33. The lowest BCUT2D eigenvalue weighted by atomic mass is 9.87. The molecule has 0 spiro atoms. The molecule has 8 heteroatoms. The van der Waals surface area contributed by atoms with Crippen molar-refractivity contribution in [1.82, 2.24) is 4.90 Å². The third-order valence-corrected chi connectivity index (χ3v) is 4.65. The van der Waals surface area contributed by atoms with Gasteiger partial charge in [-0.25, -0.2) is 0 Å². The highest BCUT2D eigenvalue weighted by atomic mass is 79.9. The molecule has 7 nitrogen and oxygen atoms in total. The Balaban J connectivity index is 0.00000320. The second-order valence-corrected chi connectivity index (χ2v) is 6.95. The number of benzene rings is 2. The second-order valence-electron chi connectivity index (χ2n) is 6.95. The highest BCUT2D eigenvalue weighted by molar-refractivity contribution is 8.93. The Morgan fingerprint density at radius 1 is 0.867 bits per heavy atom. The van der Waals surface area contributed by atoms with Gasteiger partial charge in [-0.05, 0) is 42.8 Å². The fourth-order valence-electron chi connectivity index (χ4n) is 3.60. The molecule has 2 aromatic carbocycles. The summed E-state index contributed by atoms with van der Waals surface area (Å²) in [6, 6.07) is 10.5. The summed E-state index contributed by atoms with van der Waals surface area (Å²) in [6.07, 6.45) is 0.819. The van der Waals surface area contributed by atoms with Crippen LogP contribution < -0.4 is 14.2 Å². The Hall–Kier alpha value is -2.71. The zero-order valence-electron chi connectivity index (χ0n) is 17.3. The van der Waals surface area contributed by atoms with Gasteiger partial charge in [0.15, 0.2) is 11.5 Å². The Morgan fingerprint density at radius 3 is 2.10 bits per heavy atom. The van der Waals surface area contributed by atoms with Crippen molar-refractivity contribution in [2.24, 2.45) is 0 Å². The number of fused-ring (bicyclic) bond motifs is 1. The molecule has 0 saturated carbocycles. The quantitative estimate of drug-likeness (QED) is 0.491. The van der Waals surface area contributed by atoms with Crippen molar-refractivity contribution in [2.75, 3.05) is 13.6 Å². The maximum absolute atomic E-state index is 11.6. The standard InChI is InChI=1S/C22H23NO6.BrH/c1-13(24)27-18-9-8-17(12-20(18)29-15(3)26)22-21-16(10-11-23(22)4)6-5-7-19(21)28-14(2)25;/h5-9,12,22H,10-11H2,1-4H3;1H. The first-order chi connectivity index (χ1) is 13.8. The molecule has 2 aromatic rings. The van der Waals surface area contributed by atoms with E-state index in [1.54, 1.807) is 18.2 Å². The highest BCUT2D eigenvalue weighted by Gasteiger charge is 2.30. The number of rotatable bonds is 4. The number of ether oxygens (including phenoxy) is 3. The smallest absolute Gasteiger partial charge is 0.308 e. The zero-order valence-corrected chi connectivity index (χ0v) is 19.0. The first kappa shape index (κ1) is 23.6. The van der Waals surface area contributed by atoms with Gasteiger partial charge in [0.1, 0.15) is 5.75 Å². The third kappa shape index (κ3) is 5.25. The second kappa shape index (κ2) is 9.86. The average molecular weight is 478 g/mol. The van der Waals surface area contributed by atoms with Crippen molar-refractivity contribution in [3.05, 3.63) is 53.1 Å². The minimum Gasteiger partial charge on any atom is -0.426 e. The van der Waals surface area contributed by atoms with Crippen LogP contribution in [-0.2, 0) is 20.8 Å². The molecule has 0 aliphatic carbocycles. The number of nitrogens with zero attached hydrogens (tertiary/aromatic N) is 1. The molecule has 1 aliphatic rings. The van der Waals surface area contributed by atoms with Crippen LogP contribution in [0.2, 0.25) is 0 Å². The van der Waals surface area contributed by atoms with E-state index in [9.17, 15) is 14.4 Å². The van der Waals surface area contributed by atoms with E-state index in [4.69, 9.17) is 14.2 Å². The van der Waals surface area contributed by atoms with Crippen LogP contribution in [0.3, 0.4) is 0 Å². The Bertz CT molecular complexity index is 974. The predicted molar refractivity (Wildman–Crippen MR) is 115 cm³/mol. The summed E-state index contributed by atoms with van der Waals surface area (Å²) in [7, 11) is 1.98. The molecule has 0 amide bonds. The molecule has 0 N–H and O–H groups in total. The van der Waals surface area contributed by atoms with E-state index in [0.717, 1.165) is 29.7 Å². The lowest BCUT2D eigenvalue weighted by molar-refractivity contribution is -0.134. The Kier molecular flexibility index (Phi) is 7.75. The molecule has 0 bridgehead atoms. The molecular weight excluding hydrogens is 454 g/mol. The van der Waals surface area contributed by atoms with Gasteiger partial charge in [0.25, 0.3) is 0 Å². The molecule has 0 saturated heterocycles. The number of halogens is 1. The maximum Gasteiger partial charge on any atom is 0.308 e. The summed E-state index contributed by atoms with van der Waals surface area (Å²) in [5.74, 6) is -0.586. The number of carbonyl (C=O) groups excluding carboxylic acids is 3. The summed E-state index contributed by atoms with van der Waals surface area (Å²) >= 11 is 0. The predicted octanol–water partition coefficient (Wildman–Crippen LogP) is 3.62. The van der Waals surface area contributed by atoms with Crippen LogP contribution in [0.25, 0.3) is 0 Å². The molecule has 0 fully saturated rings. The first-order valence-corrected chi connectivity index (χ1v) is 9.27. The number of esters is 3. The van der Waals surface area contributed by atoms with Gasteiger partial charge in [0, 0.05) is 32.9 Å². The van der Waals surface area contributed by atoms with E-state index in [1.807, 2.05) is 25.2 Å². The van der Waals surface area contributed by atoms with Crippen molar-refractivity contribution in [2.45, 2.75) is 33.2 Å². The van der Waals surface area contributed by atoms with Crippen LogP contribution in [0.1, 0.15) is 43.5 Å². The van der Waals surface area contributed by atoms with Crippen LogP contribution >= 0.6 is 17.0 Å². The summed E-state index contributed by atoms with van der Waals surface area (Å²) < 4.78 is 15.9. The van der Waals surface area contributed by atoms with Crippen LogP contribution in [0.5, 0.6) is 17.2 Å². The van der Waals surface area contributed by atoms with Crippen molar-refractivity contribution >= 4 is 34.9 Å². The van der Waals surface area contributed by atoms with Crippen LogP contribution in [0.4, 0.5) is 0 Å². The minimum absolute atomic E-state index is 0.